The van der Waals surface area contributed by atoms with Gasteiger partial charge in [-0.25, -0.2) is 4.98 Å². The third kappa shape index (κ3) is 2.92. The van der Waals surface area contributed by atoms with Crippen LogP contribution in [0.15, 0.2) is 53.6 Å². The lowest BCUT2D eigenvalue weighted by Gasteiger charge is -2.06. The molecule has 0 spiro atoms. The topological polar surface area (TPSA) is 59.8 Å². The summed E-state index contributed by atoms with van der Waals surface area (Å²) in [5, 5.41) is 8.73. The van der Waals surface area contributed by atoms with Crippen LogP contribution in [0.25, 0.3) is 0 Å². The standard InChI is InChI=1S/C14H12N4OS/c19-14(13-9-20-10-15-13)17-12-4-1-3-11(7-12)8-18-6-2-5-16-18/h1-7,9-10H,8H2,(H,17,19). The molecule has 2 heterocycles. The van der Waals surface area contributed by atoms with Gasteiger partial charge >= 0.3 is 0 Å². The largest absolute Gasteiger partial charge is 0.321 e. The minimum atomic E-state index is -0.192. The molecule has 3 rings (SSSR count). The van der Waals surface area contributed by atoms with Crippen molar-refractivity contribution in [1.82, 2.24) is 14.8 Å². The van der Waals surface area contributed by atoms with Gasteiger partial charge in [0.05, 0.1) is 12.1 Å². The molecular weight excluding hydrogens is 272 g/mol. The Hall–Kier alpha value is -2.47. The number of nitrogens with one attached hydrogen (secondary N) is 1. The average Bonchev–Trinajstić information content (AvgIpc) is 3.12. The second kappa shape index (κ2) is 5.66. The van der Waals surface area contributed by atoms with Crippen LogP contribution in [0.4, 0.5) is 5.69 Å². The molecule has 3 aromatic rings. The summed E-state index contributed by atoms with van der Waals surface area (Å²) in [7, 11) is 0. The van der Waals surface area contributed by atoms with E-state index in [2.05, 4.69) is 15.4 Å². The number of carbonyl (C=O) groups excluding carboxylic acids is 1. The number of nitrogens with zero attached hydrogens (tertiary/aromatic N) is 3. The van der Waals surface area contributed by atoms with Crippen molar-refractivity contribution in [3.8, 4) is 0 Å². The van der Waals surface area contributed by atoms with Crippen molar-refractivity contribution in [2.24, 2.45) is 0 Å². The summed E-state index contributed by atoms with van der Waals surface area (Å²) in [4.78, 5) is 15.9. The maximum absolute atomic E-state index is 11.9. The van der Waals surface area contributed by atoms with Crippen LogP contribution in [-0.4, -0.2) is 20.7 Å². The lowest BCUT2D eigenvalue weighted by molar-refractivity contribution is 0.102. The molecule has 0 radical (unpaired) electrons. The number of hydrogen-bond donors (Lipinski definition) is 1. The predicted octanol–water partition coefficient (Wildman–Crippen LogP) is 2.64. The first-order valence-corrected chi connectivity index (χ1v) is 7.01. The van der Waals surface area contributed by atoms with E-state index in [0.717, 1.165) is 11.3 Å². The van der Waals surface area contributed by atoms with Crippen molar-refractivity contribution in [3.05, 3.63) is 64.9 Å². The van der Waals surface area contributed by atoms with Crippen LogP contribution in [0.5, 0.6) is 0 Å². The first-order chi connectivity index (χ1) is 9.81. The molecule has 0 saturated heterocycles. The maximum atomic E-state index is 11.9. The fourth-order valence-corrected chi connectivity index (χ4v) is 2.38. The van der Waals surface area contributed by atoms with Gasteiger partial charge in [0.2, 0.25) is 0 Å². The number of amides is 1. The summed E-state index contributed by atoms with van der Waals surface area (Å²) in [6, 6.07) is 9.59. The molecule has 20 heavy (non-hydrogen) atoms. The number of carbonyl (C=O) groups is 1. The summed E-state index contributed by atoms with van der Waals surface area (Å²) in [6.45, 7) is 0.674. The molecule has 0 aliphatic rings. The Labute approximate surface area is 119 Å². The van der Waals surface area contributed by atoms with Crippen molar-refractivity contribution in [3.63, 3.8) is 0 Å². The fraction of sp³-hybridized carbons (Fsp3) is 0.0714. The van der Waals surface area contributed by atoms with Crippen LogP contribution in [-0.2, 0) is 6.54 Å². The first-order valence-electron chi connectivity index (χ1n) is 6.07. The van der Waals surface area contributed by atoms with Gasteiger partial charge in [-0.05, 0) is 23.8 Å². The fourth-order valence-electron chi connectivity index (χ4n) is 1.85. The molecule has 0 aliphatic heterocycles. The highest BCUT2D eigenvalue weighted by Crippen LogP contribution is 2.13. The van der Waals surface area contributed by atoms with E-state index in [0.29, 0.717) is 12.2 Å². The van der Waals surface area contributed by atoms with Gasteiger partial charge in [-0.2, -0.15) is 5.10 Å². The molecule has 0 aliphatic carbocycles. The Kier molecular flexibility index (Phi) is 3.56. The summed E-state index contributed by atoms with van der Waals surface area (Å²) in [5.74, 6) is -0.192. The van der Waals surface area contributed by atoms with E-state index in [1.54, 1.807) is 17.1 Å². The third-order valence-electron chi connectivity index (χ3n) is 2.75. The van der Waals surface area contributed by atoms with Crippen molar-refractivity contribution in [2.45, 2.75) is 6.54 Å². The number of aromatic nitrogens is 3. The van der Waals surface area contributed by atoms with E-state index in [9.17, 15) is 4.79 Å². The number of hydrogen-bond acceptors (Lipinski definition) is 4. The molecule has 0 unspecified atom stereocenters. The van der Waals surface area contributed by atoms with E-state index < -0.39 is 0 Å². The second-order valence-electron chi connectivity index (χ2n) is 4.23. The van der Waals surface area contributed by atoms with Crippen LogP contribution in [0.1, 0.15) is 16.1 Å². The van der Waals surface area contributed by atoms with Gasteiger partial charge in [-0.15, -0.1) is 11.3 Å². The molecule has 0 atom stereocenters. The number of anilines is 1. The Morgan fingerprint density at radius 2 is 2.30 bits per heavy atom. The van der Waals surface area contributed by atoms with Crippen molar-refractivity contribution >= 4 is 22.9 Å². The Bertz CT molecular complexity index is 692. The van der Waals surface area contributed by atoms with Crippen molar-refractivity contribution in [2.75, 3.05) is 5.32 Å². The lowest BCUT2D eigenvalue weighted by atomic mass is 10.2. The van der Waals surface area contributed by atoms with E-state index in [4.69, 9.17) is 0 Å². The second-order valence-corrected chi connectivity index (χ2v) is 4.95. The zero-order chi connectivity index (χ0) is 13.8. The van der Waals surface area contributed by atoms with Gasteiger partial charge in [0, 0.05) is 23.5 Å². The van der Waals surface area contributed by atoms with Crippen LogP contribution in [0, 0.1) is 0 Å². The molecule has 0 saturated carbocycles. The molecular formula is C14H12N4OS. The molecule has 5 nitrogen and oxygen atoms in total. The quantitative estimate of drug-likeness (QED) is 0.801. The average molecular weight is 284 g/mol. The zero-order valence-electron chi connectivity index (χ0n) is 10.6. The molecule has 1 aromatic carbocycles. The molecule has 0 fully saturated rings. The van der Waals surface area contributed by atoms with E-state index in [-0.39, 0.29) is 5.91 Å². The van der Waals surface area contributed by atoms with Gasteiger partial charge in [-0.3, -0.25) is 9.48 Å². The van der Waals surface area contributed by atoms with Crippen LogP contribution in [0.3, 0.4) is 0 Å². The monoisotopic (exact) mass is 284 g/mol. The third-order valence-corrected chi connectivity index (χ3v) is 3.34. The van der Waals surface area contributed by atoms with Gasteiger partial charge in [0.15, 0.2) is 0 Å². The van der Waals surface area contributed by atoms with Crippen LogP contribution >= 0.6 is 11.3 Å². The Balaban J connectivity index is 1.73. The van der Waals surface area contributed by atoms with Crippen molar-refractivity contribution < 1.29 is 4.79 Å². The SMILES string of the molecule is O=C(Nc1cccc(Cn2cccn2)c1)c1cscn1. The number of benzene rings is 1. The van der Waals surface area contributed by atoms with Gasteiger partial charge in [0.25, 0.3) is 5.91 Å². The smallest absolute Gasteiger partial charge is 0.275 e. The van der Waals surface area contributed by atoms with Gasteiger partial charge in [-0.1, -0.05) is 12.1 Å². The van der Waals surface area contributed by atoms with E-state index in [1.165, 1.54) is 11.3 Å². The minimum Gasteiger partial charge on any atom is -0.321 e. The summed E-state index contributed by atoms with van der Waals surface area (Å²) >= 11 is 1.40. The molecule has 6 heteroatoms. The molecule has 0 bridgehead atoms. The lowest BCUT2D eigenvalue weighted by Crippen LogP contribution is -2.12. The highest BCUT2D eigenvalue weighted by molar-refractivity contribution is 7.07. The highest BCUT2D eigenvalue weighted by atomic mass is 32.1. The molecule has 2 aromatic heterocycles. The van der Waals surface area contributed by atoms with Gasteiger partial charge in [0.1, 0.15) is 5.69 Å². The highest BCUT2D eigenvalue weighted by Gasteiger charge is 2.08. The summed E-state index contributed by atoms with van der Waals surface area (Å²) in [5.41, 5.74) is 3.91. The van der Waals surface area contributed by atoms with Crippen molar-refractivity contribution in [1.29, 1.82) is 0 Å². The number of rotatable bonds is 4. The zero-order valence-corrected chi connectivity index (χ0v) is 11.4. The Morgan fingerprint density at radius 1 is 1.35 bits per heavy atom. The molecule has 1 amide bonds. The number of thiazole rings is 1. The predicted molar refractivity (Wildman–Crippen MR) is 77.8 cm³/mol. The minimum absolute atomic E-state index is 0.192. The molecule has 1 N–H and O–H groups in total. The summed E-state index contributed by atoms with van der Waals surface area (Å²) < 4.78 is 1.83. The first kappa shape index (κ1) is 12.6. The molecule has 100 valence electrons. The Morgan fingerprint density at radius 3 is 3.05 bits per heavy atom. The maximum Gasteiger partial charge on any atom is 0.275 e. The van der Waals surface area contributed by atoms with Crippen LogP contribution in [0.2, 0.25) is 0 Å². The van der Waals surface area contributed by atoms with E-state index >= 15 is 0 Å². The van der Waals surface area contributed by atoms with E-state index in [1.807, 2.05) is 41.2 Å². The summed E-state index contributed by atoms with van der Waals surface area (Å²) in [6.07, 6.45) is 3.65. The normalized spacial score (nSPS) is 10.4. The van der Waals surface area contributed by atoms with Gasteiger partial charge < -0.3 is 5.32 Å². The van der Waals surface area contributed by atoms with Crippen LogP contribution < -0.4 is 5.32 Å².